The van der Waals surface area contributed by atoms with Gasteiger partial charge in [0.2, 0.25) is 0 Å². The number of methoxy groups -OCH3 is 1. The Kier molecular flexibility index (Phi) is 4.48. The lowest BCUT2D eigenvalue weighted by Gasteiger charge is -1.99. The van der Waals surface area contributed by atoms with Gasteiger partial charge in [0, 0.05) is 0 Å². The molecular formula is C18H16N2O2S. The fraction of sp³-hybridized carbons (Fsp3) is 0.111. The fourth-order valence-electron chi connectivity index (χ4n) is 2.07. The van der Waals surface area contributed by atoms with Gasteiger partial charge in [0.15, 0.2) is 5.17 Å². The molecule has 0 saturated carbocycles. The van der Waals surface area contributed by atoms with Gasteiger partial charge in [-0.3, -0.25) is 4.79 Å². The minimum Gasteiger partial charge on any atom is -0.497 e. The monoisotopic (exact) mass is 324 g/mol. The Morgan fingerprint density at radius 2 is 1.78 bits per heavy atom. The maximum Gasteiger partial charge on any atom is 0.264 e. The molecule has 2 aromatic rings. The van der Waals surface area contributed by atoms with Crippen molar-refractivity contribution in [3.8, 4) is 5.75 Å². The van der Waals surface area contributed by atoms with Crippen molar-refractivity contribution in [2.24, 2.45) is 4.99 Å². The van der Waals surface area contributed by atoms with Crippen LogP contribution < -0.4 is 10.1 Å². The molecule has 0 unspecified atom stereocenters. The molecule has 4 nitrogen and oxygen atoms in total. The largest absolute Gasteiger partial charge is 0.497 e. The van der Waals surface area contributed by atoms with E-state index in [1.165, 1.54) is 17.3 Å². The number of amidine groups is 1. The molecule has 5 heteroatoms. The van der Waals surface area contributed by atoms with Crippen molar-refractivity contribution < 1.29 is 9.53 Å². The summed E-state index contributed by atoms with van der Waals surface area (Å²) >= 11 is 1.34. The van der Waals surface area contributed by atoms with Gasteiger partial charge in [0.1, 0.15) is 5.75 Å². The van der Waals surface area contributed by atoms with Crippen LogP contribution in [0.2, 0.25) is 0 Å². The quantitative estimate of drug-likeness (QED) is 0.871. The molecule has 0 aliphatic carbocycles. The van der Waals surface area contributed by atoms with Crippen molar-refractivity contribution in [2.75, 3.05) is 7.11 Å². The van der Waals surface area contributed by atoms with Crippen LogP contribution in [0.1, 0.15) is 11.1 Å². The zero-order valence-electron chi connectivity index (χ0n) is 12.9. The predicted octanol–water partition coefficient (Wildman–Crippen LogP) is 3.90. The number of hydrogen-bond donors (Lipinski definition) is 1. The van der Waals surface area contributed by atoms with E-state index in [2.05, 4.69) is 10.3 Å². The third-order valence-corrected chi connectivity index (χ3v) is 4.24. The lowest BCUT2D eigenvalue weighted by molar-refractivity contribution is -0.115. The number of aryl methyl sites for hydroxylation is 1. The van der Waals surface area contributed by atoms with Crippen molar-refractivity contribution in [2.45, 2.75) is 6.92 Å². The van der Waals surface area contributed by atoms with E-state index >= 15 is 0 Å². The summed E-state index contributed by atoms with van der Waals surface area (Å²) in [6.45, 7) is 2.03. The zero-order valence-corrected chi connectivity index (χ0v) is 13.7. The first kappa shape index (κ1) is 15.4. The van der Waals surface area contributed by atoms with Crippen molar-refractivity contribution in [3.05, 3.63) is 64.6 Å². The van der Waals surface area contributed by atoms with Gasteiger partial charge in [-0.25, -0.2) is 4.99 Å². The number of rotatable bonds is 3. The molecule has 0 radical (unpaired) electrons. The summed E-state index contributed by atoms with van der Waals surface area (Å²) in [6.07, 6.45) is 1.84. The third-order valence-electron chi connectivity index (χ3n) is 3.33. The van der Waals surface area contributed by atoms with Crippen molar-refractivity contribution in [3.63, 3.8) is 0 Å². The third kappa shape index (κ3) is 3.81. The van der Waals surface area contributed by atoms with Gasteiger partial charge in [-0.1, -0.05) is 29.8 Å². The topological polar surface area (TPSA) is 50.7 Å². The molecule has 1 fully saturated rings. The summed E-state index contributed by atoms with van der Waals surface area (Å²) < 4.78 is 5.13. The van der Waals surface area contributed by atoms with Gasteiger partial charge < -0.3 is 10.1 Å². The molecule has 0 aromatic heterocycles. The SMILES string of the molecule is COc1ccc(C=C2SC(=Nc3ccc(C)cc3)NC2=O)cc1. The highest BCUT2D eigenvalue weighted by Crippen LogP contribution is 2.28. The molecule has 0 atom stereocenters. The van der Waals surface area contributed by atoms with E-state index in [0.717, 1.165) is 17.0 Å². The molecule has 0 bridgehead atoms. The Hall–Kier alpha value is -2.53. The number of amides is 1. The second kappa shape index (κ2) is 6.71. The van der Waals surface area contributed by atoms with Crippen molar-refractivity contribution in [1.29, 1.82) is 0 Å². The highest BCUT2D eigenvalue weighted by Gasteiger charge is 2.23. The molecule has 0 spiro atoms. The molecule has 2 aromatic carbocycles. The summed E-state index contributed by atoms with van der Waals surface area (Å²) in [5.74, 6) is 0.661. The van der Waals surface area contributed by atoms with E-state index < -0.39 is 0 Å². The van der Waals surface area contributed by atoms with Crippen LogP contribution in [0.15, 0.2) is 58.4 Å². The van der Waals surface area contributed by atoms with Crippen LogP contribution in [0.25, 0.3) is 6.08 Å². The van der Waals surface area contributed by atoms with E-state index in [4.69, 9.17) is 4.74 Å². The average Bonchev–Trinajstić information content (AvgIpc) is 2.90. The van der Waals surface area contributed by atoms with Crippen LogP contribution in [0.5, 0.6) is 5.75 Å². The minimum atomic E-state index is -0.128. The number of carbonyl (C=O) groups excluding carboxylic acids is 1. The summed E-state index contributed by atoms with van der Waals surface area (Å²) in [5.41, 5.74) is 2.95. The van der Waals surface area contributed by atoms with E-state index in [-0.39, 0.29) is 5.91 Å². The Bertz CT molecular complexity index is 778. The molecule has 1 aliphatic rings. The smallest absolute Gasteiger partial charge is 0.264 e. The summed E-state index contributed by atoms with van der Waals surface area (Å²) in [6, 6.07) is 15.4. The van der Waals surface area contributed by atoms with Gasteiger partial charge in [-0.2, -0.15) is 0 Å². The van der Waals surface area contributed by atoms with Gasteiger partial charge in [-0.05, 0) is 54.6 Å². The standard InChI is InChI=1S/C18H16N2O2S/c1-12-3-7-14(8-4-12)19-18-20-17(21)16(23-18)11-13-5-9-15(22-2)10-6-13/h3-11H,1-2H3,(H,19,20,21). The number of benzene rings is 2. The van der Waals surface area contributed by atoms with Crippen molar-refractivity contribution in [1.82, 2.24) is 5.32 Å². The highest BCUT2D eigenvalue weighted by molar-refractivity contribution is 8.18. The molecule has 1 heterocycles. The Balaban J connectivity index is 1.78. The van der Waals surface area contributed by atoms with Gasteiger partial charge in [0.05, 0.1) is 17.7 Å². The maximum absolute atomic E-state index is 12.1. The predicted molar refractivity (Wildman–Crippen MR) is 95.0 cm³/mol. The first-order chi connectivity index (χ1) is 11.1. The zero-order chi connectivity index (χ0) is 16.2. The number of aliphatic imine (C=N–C) groups is 1. The lowest BCUT2D eigenvalue weighted by atomic mass is 10.2. The average molecular weight is 324 g/mol. The highest BCUT2D eigenvalue weighted by atomic mass is 32.2. The molecule has 1 aliphatic heterocycles. The van der Waals surface area contributed by atoms with Crippen molar-refractivity contribution >= 4 is 34.6 Å². The normalized spacial score (nSPS) is 17.6. The van der Waals surface area contributed by atoms with Crippen LogP contribution in [0, 0.1) is 6.92 Å². The molecule has 116 valence electrons. The second-order valence-corrected chi connectivity index (χ2v) is 6.12. The number of nitrogens with one attached hydrogen (secondary N) is 1. The minimum absolute atomic E-state index is 0.128. The Morgan fingerprint density at radius 3 is 2.43 bits per heavy atom. The fourth-order valence-corrected chi connectivity index (χ4v) is 2.91. The van der Waals surface area contributed by atoms with E-state index in [0.29, 0.717) is 10.1 Å². The van der Waals surface area contributed by atoms with Gasteiger partial charge in [0.25, 0.3) is 5.91 Å². The number of nitrogens with zero attached hydrogens (tertiary/aromatic N) is 1. The van der Waals surface area contributed by atoms with Gasteiger partial charge >= 0.3 is 0 Å². The van der Waals surface area contributed by atoms with Crippen LogP contribution >= 0.6 is 11.8 Å². The molecule has 3 rings (SSSR count). The number of hydrogen-bond acceptors (Lipinski definition) is 4. The summed E-state index contributed by atoms with van der Waals surface area (Å²) in [4.78, 5) is 17.1. The number of ether oxygens (including phenoxy) is 1. The first-order valence-electron chi connectivity index (χ1n) is 7.14. The molecule has 1 amide bonds. The molecule has 1 N–H and O–H groups in total. The van der Waals surface area contributed by atoms with Crippen LogP contribution in [-0.4, -0.2) is 18.2 Å². The molecule has 23 heavy (non-hydrogen) atoms. The first-order valence-corrected chi connectivity index (χ1v) is 7.96. The summed E-state index contributed by atoms with van der Waals surface area (Å²) in [7, 11) is 1.63. The molecular weight excluding hydrogens is 308 g/mol. The lowest BCUT2D eigenvalue weighted by Crippen LogP contribution is -2.19. The maximum atomic E-state index is 12.1. The Morgan fingerprint density at radius 1 is 1.09 bits per heavy atom. The Labute approximate surface area is 139 Å². The van der Waals surface area contributed by atoms with E-state index in [1.54, 1.807) is 7.11 Å². The van der Waals surface area contributed by atoms with Crippen LogP contribution in [0.3, 0.4) is 0 Å². The van der Waals surface area contributed by atoms with E-state index in [9.17, 15) is 4.79 Å². The number of thioether (sulfide) groups is 1. The van der Waals surface area contributed by atoms with Crippen LogP contribution in [-0.2, 0) is 4.79 Å². The van der Waals surface area contributed by atoms with E-state index in [1.807, 2.05) is 61.5 Å². The second-order valence-electron chi connectivity index (χ2n) is 5.09. The van der Waals surface area contributed by atoms with Crippen LogP contribution in [0.4, 0.5) is 5.69 Å². The summed E-state index contributed by atoms with van der Waals surface area (Å²) in [5, 5.41) is 3.39. The molecule has 1 saturated heterocycles. The number of carbonyl (C=O) groups is 1. The van der Waals surface area contributed by atoms with Gasteiger partial charge in [-0.15, -0.1) is 0 Å².